The maximum atomic E-state index is 12.1. The van der Waals surface area contributed by atoms with E-state index in [2.05, 4.69) is 48.3 Å². The third kappa shape index (κ3) is 4.35. The smallest absolute Gasteiger partial charge is 0.223 e. The largest absolute Gasteiger partial charge is 0.352 e. The van der Waals surface area contributed by atoms with E-state index in [0.29, 0.717) is 6.54 Å². The van der Waals surface area contributed by atoms with Crippen molar-refractivity contribution in [3.8, 4) is 0 Å². The number of piperidine rings is 1. The van der Waals surface area contributed by atoms with E-state index in [4.69, 9.17) is 0 Å². The molecule has 1 N–H and O–H groups in total. The number of likely N-dealkylation sites (tertiary alicyclic amines) is 1. The van der Waals surface area contributed by atoms with Gasteiger partial charge in [0.15, 0.2) is 0 Å². The first kappa shape index (κ1) is 16.5. The molecular weight excluding hydrogens is 284 g/mol. The Kier molecular flexibility index (Phi) is 5.37. The van der Waals surface area contributed by atoms with Gasteiger partial charge in [0.05, 0.1) is 0 Å². The Bertz CT molecular complexity index is 528. The zero-order valence-corrected chi connectivity index (χ0v) is 14.6. The zero-order chi connectivity index (χ0) is 16.2. The lowest BCUT2D eigenvalue weighted by molar-refractivity contribution is -0.127. The van der Waals surface area contributed by atoms with Crippen molar-refractivity contribution in [1.29, 1.82) is 0 Å². The molecule has 0 bridgehead atoms. The Hall–Kier alpha value is -1.35. The molecule has 1 saturated heterocycles. The summed E-state index contributed by atoms with van der Waals surface area (Å²) in [5.41, 5.74) is 2.63. The summed E-state index contributed by atoms with van der Waals surface area (Å²) in [6.45, 7) is 8.76. The van der Waals surface area contributed by atoms with E-state index in [1.54, 1.807) is 0 Å². The van der Waals surface area contributed by atoms with Gasteiger partial charge in [-0.2, -0.15) is 0 Å². The van der Waals surface area contributed by atoms with Crippen LogP contribution in [0.4, 0.5) is 0 Å². The fourth-order valence-corrected chi connectivity index (χ4v) is 4.04. The second-order valence-corrected chi connectivity index (χ2v) is 7.75. The average Bonchev–Trinajstić information content (AvgIpc) is 2.43. The minimum Gasteiger partial charge on any atom is -0.352 e. The lowest BCUT2D eigenvalue weighted by Gasteiger charge is -2.35. The molecule has 1 aliphatic heterocycles. The summed E-state index contributed by atoms with van der Waals surface area (Å²) in [6.07, 6.45) is 4.68. The molecule has 0 unspecified atom stereocenters. The first-order chi connectivity index (χ1) is 11.1. The topological polar surface area (TPSA) is 32.3 Å². The summed E-state index contributed by atoms with van der Waals surface area (Å²) < 4.78 is 0. The summed E-state index contributed by atoms with van der Waals surface area (Å²) in [5, 5.41) is 3.14. The van der Waals surface area contributed by atoms with E-state index in [1.165, 1.54) is 37.1 Å². The van der Waals surface area contributed by atoms with Crippen LogP contribution >= 0.6 is 0 Å². The predicted octanol–water partition coefficient (Wildman–Crippen LogP) is 3.58. The van der Waals surface area contributed by atoms with E-state index in [1.807, 2.05) is 0 Å². The van der Waals surface area contributed by atoms with Crippen LogP contribution in [0.25, 0.3) is 0 Å². The molecule has 1 aliphatic carbocycles. The van der Waals surface area contributed by atoms with Crippen molar-refractivity contribution in [3.05, 3.63) is 35.4 Å². The quantitative estimate of drug-likeness (QED) is 0.901. The van der Waals surface area contributed by atoms with Crippen LogP contribution in [0.15, 0.2) is 24.3 Å². The SMILES string of the molecule is C[C@@H]1C[C@H](C)CN(Cc2ccccc2CNC(=O)C2CCC2)C1. The first-order valence-corrected chi connectivity index (χ1v) is 9.18. The van der Waals surface area contributed by atoms with Gasteiger partial charge < -0.3 is 5.32 Å². The summed E-state index contributed by atoms with van der Waals surface area (Å²) in [6, 6.07) is 8.57. The monoisotopic (exact) mass is 314 g/mol. The highest BCUT2D eigenvalue weighted by Crippen LogP contribution is 2.26. The number of hydrogen-bond donors (Lipinski definition) is 1. The molecule has 3 heteroatoms. The highest BCUT2D eigenvalue weighted by molar-refractivity contribution is 5.79. The van der Waals surface area contributed by atoms with E-state index in [9.17, 15) is 4.79 Å². The van der Waals surface area contributed by atoms with Crippen LogP contribution in [-0.4, -0.2) is 23.9 Å². The molecule has 2 fully saturated rings. The summed E-state index contributed by atoms with van der Waals surface area (Å²) >= 11 is 0. The van der Waals surface area contributed by atoms with Crippen molar-refractivity contribution in [1.82, 2.24) is 10.2 Å². The van der Waals surface area contributed by atoms with Gasteiger partial charge in [-0.05, 0) is 42.2 Å². The molecule has 3 nitrogen and oxygen atoms in total. The van der Waals surface area contributed by atoms with E-state index in [-0.39, 0.29) is 11.8 Å². The van der Waals surface area contributed by atoms with Gasteiger partial charge in [-0.25, -0.2) is 0 Å². The van der Waals surface area contributed by atoms with Crippen LogP contribution in [0.3, 0.4) is 0 Å². The molecule has 1 aromatic rings. The maximum absolute atomic E-state index is 12.1. The normalized spacial score (nSPS) is 25.8. The number of amides is 1. The Morgan fingerprint density at radius 1 is 1.13 bits per heavy atom. The molecule has 3 rings (SSSR count). The van der Waals surface area contributed by atoms with Crippen LogP contribution < -0.4 is 5.32 Å². The van der Waals surface area contributed by atoms with E-state index >= 15 is 0 Å². The van der Waals surface area contributed by atoms with Crippen molar-refractivity contribution in [2.75, 3.05) is 13.1 Å². The van der Waals surface area contributed by atoms with E-state index < -0.39 is 0 Å². The van der Waals surface area contributed by atoms with Crippen LogP contribution in [0.5, 0.6) is 0 Å². The van der Waals surface area contributed by atoms with Crippen molar-refractivity contribution < 1.29 is 4.79 Å². The molecule has 1 saturated carbocycles. The maximum Gasteiger partial charge on any atom is 0.223 e. The first-order valence-electron chi connectivity index (χ1n) is 9.18. The number of carbonyl (C=O) groups excluding carboxylic acids is 1. The number of nitrogens with zero attached hydrogens (tertiary/aromatic N) is 1. The van der Waals surface area contributed by atoms with E-state index in [0.717, 1.165) is 31.2 Å². The second-order valence-electron chi connectivity index (χ2n) is 7.75. The summed E-state index contributed by atoms with van der Waals surface area (Å²) in [4.78, 5) is 14.6. The summed E-state index contributed by atoms with van der Waals surface area (Å²) in [7, 11) is 0. The molecule has 0 aromatic heterocycles. The molecule has 126 valence electrons. The van der Waals surface area contributed by atoms with Gasteiger partial charge in [0.2, 0.25) is 5.91 Å². The predicted molar refractivity (Wildman–Crippen MR) is 93.9 cm³/mol. The minimum absolute atomic E-state index is 0.242. The van der Waals surface area contributed by atoms with Crippen molar-refractivity contribution in [2.24, 2.45) is 17.8 Å². The molecule has 1 heterocycles. The molecule has 23 heavy (non-hydrogen) atoms. The Balaban J connectivity index is 1.59. The van der Waals surface area contributed by atoms with Crippen LogP contribution in [0.2, 0.25) is 0 Å². The fourth-order valence-electron chi connectivity index (χ4n) is 4.04. The number of hydrogen-bond acceptors (Lipinski definition) is 2. The highest BCUT2D eigenvalue weighted by atomic mass is 16.1. The molecule has 1 aromatic carbocycles. The lowest BCUT2D eigenvalue weighted by Crippen LogP contribution is -2.38. The minimum atomic E-state index is 0.242. The number of carbonyl (C=O) groups is 1. The summed E-state index contributed by atoms with van der Waals surface area (Å²) in [5.74, 6) is 2.07. The fraction of sp³-hybridized carbons (Fsp3) is 0.650. The van der Waals surface area contributed by atoms with Crippen LogP contribution in [0.1, 0.15) is 50.7 Å². The van der Waals surface area contributed by atoms with Gasteiger partial charge in [0, 0.05) is 32.1 Å². The third-order valence-corrected chi connectivity index (χ3v) is 5.39. The zero-order valence-electron chi connectivity index (χ0n) is 14.6. The van der Waals surface area contributed by atoms with Gasteiger partial charge >= 0.3 is 0 Å². The lowest BCUT2D eigenvalue weighted by atomic mass is 9.85. The second kappa shape index (κ2) is 7.48. The van der Waals surface area contributed by atoms with Gasteiger partial charge in [-0.1, -0.05) is 44.5 Å². The van der Waals surface area contributed by atoms with Crippen molar-refractivity contribution >= 4 is 5.91 Å². The molecular formula is C20H30N2O. The molecule has 2 aliphatic rings. The van der Waals surface area contributed by atoms with Gasteiger partial charge in [0.25, 0.3) is 0 Å². The van der Waals surface area contributed by atoms with Crippen LogP contribution in [0, 0.1) is 17.8 Å². The van der Waals surface area contributed by atoms with Crippen molar-refractivity contribution in [2.45, 2.75) is 52.6 Å². The molecule has 1 amide bonds. The number of rotatable bonds is 5. The Morgan fingerprint density at radius 2 is 1.78 bits per heavy atom. The average molecular weight is 314 g/mol. The molecule has 0 spiro atoms. The number of benzene rings is 1. The molecule has 0 radical (unpaired) electrons. The van der Waals surface area contributed by atoms with Crippen molar-refractivity contribution in [3.63, 3.8) is 0 Å². The van der Waals surface area contributed by atoms with Gasteiger partial charge in [-0.15, -0.1) is 0 Å². The van der Waals surface area contributed by atoms with Gasteiger partial charge in [0.1, 0.15) is 0 Å². The third-order valence-electron chi connectivity index (χ3n) is 5.39. The molecule has 2 atom stereocenters. The highest BCUT2D eigenvalue weighted by Gasteiger charge is 2.25. The Labute approximate surface area is 140 Å². The standard InChI is InChI=1S/C20H30N2O/c1-15-10-16(2)13-22(12-15)14-19-7-4-3-6-18(19)11-21-20(23)17-8-5-9-17/h3-4,6-7,15-17H,5,8-14H2,1-2H3,(H,21,23)/t15-,16+. The van der Waals surface area contributed by atoms with Crippen LogP contribution in [-0.2, 0) is 17.9 Å². The Morgan fingerprint density at radius 3 is 2.39 bits per heavy atom. The van der Waals surface area contributed by atoms with Gasteiger partial charge in [-0.3, -0.25) is 9.69 Å². The number of nitrogens with one attached hydrogen (secondary N) is 1.